The van der Waals surface area contributed by atoms with Crippen LogP contribution in [0.5, 0.6) is 0 Å². The van der Waals surface area contributed by atoms with Gasteiger partial charge in [-0.05, 0) is 45.3 Å². The molecular formula is C19H18FN5O5S. The zero-order valence-electron chi connectivity index (χ0n) is 16.6. The van der Waals surface area contributed by atoms with Gasteiger partial charge in [-0.15, -0.1) is 0 Å². The van der Waals surface area contributed by atoms with Crippen molar-refractivity contribution >= 4 is 44.0 Å². The molecule has 3 aromatic rings. The first-order valence-corrected chi connectivity index (χ1v) is 9.94. The van der Waals surface area contributed by atoms with Crippen LogP contribution in [0.25, 0.3) is 10.2 Å². The fourth-order valence-electron chi connectivity index (χ4n) is 2.92. The number of anilines is 1. The van der Waals surface area contributed by atoms with Crippen molar-refractivity contribution in [3.05, 3.63) is 68.0 Å². The molecule has 162 valence electrons. The molecule has 0 aliphatic heterocycles. The number of nitro benzene ring substituents is 2. The van der Waals surface area contributed by atoms with Gasteiger partial charge in [-0.25, -0.2) is 9.37 Å². The first-order valence-electron chi connectivity index (χ1n) is 9.12. The van der Waals surface area contributed by atoms with Crippen molar-refractivity contribution in [2.45, 2.75) is 6.42 Å². The molecule has 31 heavy (non-hydrogen) atoms. The average Bonchev–Trinajstić information content (AvgIpc) is 3.12. The van der Waals surface area contributed by atoms with Gasteiger partial charge < -0.3 is 4.90 Å². The quantitative estimate of drug-likeness (QED) is 0.379. The number of nitro groups is 2. The van der Waals surface area contributed by atoms with Crippen molar-refractivity contribution < 1.29 is 19.0 Å². The predicted octanol–water partition coefficient (Wildman–Crippen LogP) is 3.85. The van der Waals surface area contributed by atoms with E-state index in [2.05, 4.69) is 4.98 Å². The molecular weight excluding hydrogens is 429 g/mol. The van der Waals surface area contributed by atoms with Gasteiger partial charge in [0.1, 0.15) is 5.82 Å². The standard InChI is InChI=1S/C19H18FN5O5S/c1-22(2)6-3-7-23(19-21-16-5-4-13(20)10-17(16)31-19)18(26)12-8-14(24(27)28)11-15(9-12)25(29)30/h4-5,8-11H,3,6-7H2,1-2H3. The topological polar surface area (TPSA) is 123 Å². The van der Waals surface area contributed by atoms with E-state index in [-0.39, 0.29) is 17.2 Å². The SMILES string of the molecule is CN(C)CCCN(C(=O)c1cc([N+](=O)[O-])cc([N+](=O)[O-])c1)c1nc2ccc(F)cc2s1. The number of hydrogen-bond donors (Lipinski definition) is 0. The van der Waals surface area contributed by atoms with Crippen molar-refractivity contribution in [3.63, 3.8) is 0 Å². The third kappa shape index (κ3) is 5.16. The Morgan fingerprint density at radius 3 is 2.29 bits per heavy atom. The summed E-state index contributed by atoms with van der Waals surface area (Å²) in [5, 5.41) is 22.7. The van der Waals surface area contributed by atoms with E-state index < -0.39 is 32.9 Å². The Labute approximate surface area is 179 Å². The zero-order valence-corrected chi connectivity index (χ0v) is 17.5. The number of non-ortho nitro benzene ring substituents is 2. The van der Waals surface area contributed by atoms with Crippen LogP contribution in [0.15, 0.2) is 36.4 Å². The highest BCUT2D eigenvalue weighted by molar-refractivity contribution is 7.22. The minimum atomic E-state index is -0.791. The molecule has 0 radical (unpaired) electrons. The maximum absolute atomic E-state index is 13.6. The maximum Gasteiger partial charge on any atom is 0.277 e. The Hall–Kier alpha value is -3.51. The van der Waals surface area contributed by atoms with Crippen molar-refractivity contribution in [3.8, 4) is 0 Å². The van der Waals surface area contributed by atoms with Crippen LogP contribution in [-0.4, -0.2) is 52.8 Å². The fraction of sp³-hybridized carbons (Fsp3) is 0.263. The van der Waals surface area contributed by atoms with E-state index in [4.69, 9.17) is 0 Å². The van der Waals surface area contributed by atoms with E-state index in [0.717, 1.165) is 29.5 Å². The van der Waals surface area contributed by atoms with Gasteiger partial charge in [-0.1, -0.05) is 11.3 Å². The molecule has 0 aliphatic carbocycles. The minimum Gasteiger partial charge on any atom is -0.309 e. The molecule has 0 saturated carbocycles. The lowest BCUT2D eigenvalue weighted by Crippen LogP contribution is -2.33. The van der Waals surface area contributed by atoms with E-state index in [1.54, 1.807) is 0 Å². The van der Waals surface area contributed by atoms with Crippen LogP contribution in [0, 0.1) is 26.0 Å². The van der Waals surface area contributed by atoms with E-state index in [9.17, 15) is 29.4 Å². The van der Waals surface area contributed by atoms with Crippen LogP contribution in [0.4, 0.5) is 20.9 Å². The van der Waals surface area contributed by atoms with E-state index in [1.807, 2.05) is 19.0 Å². The summed E-state index contributed by atoms with van der Waals surface area (Å²) in [5.74, 6) is -1.10. The summed E-state index contributed by atoms with van der Waals surface area (Å²) in [5.41, 5.74) is -0.817. The summed E-state index contributed by atoms with van der Waals surface area (Å²) in [6.45, 7) is 0.869. The first kappa shape index (κ1) is 22.2. The molecule has 0 N–H and O–H groups in total. The Balaban J connectivity index is 2.04. The number of amides is 1. The van der Waals surface area contributed by atoms with Crippen LogP contribution < -0.4 is 4.90 Å². The van der Waals surface area contributed by atoms with Crippen LogP contribution in [-0.2, 0) is 0 Å². The molecule has 1 aromatic heterocycles. The highest BCUT2D eigenvalue weighted by atomic mass is 32.1. The van der Waals surface area contributed by atoms with E-state index in [0.29, 0.717) is 23.2 Å². The molecule has 10 nitrogen and oxygen atoms in total. The molecule has 1 heterocycles. The van der Waals surface area contributed by atoms with Crippen molar-refractivity contribution in [1.29, 1.82) is 0 Å². The normalized spacial score (nSPS) is 11.1. The molecule has 0 bridgehead atoms. The lowest BCUT2D eigenvalue weighted by Gasteiger charge is -2.21. The molecule has 0 aliphatic rings. The minimum absolute atomic E-state index is 0.198. The second-order valence-electron chi connectivity index (χ2n) is 6.97. The Kier molecular flexibility index (Phi) is 6.51. The van der Waals surface area contributed by atoms with Gasteiger partial charge in [0.15, 0.2) is 5.13 Å². The van der Waals surface area contributed by atoms with E-state index >= 15 is 0 Å². The molecule has 0 atom stereocenters. The number of hydrogen-bond acceptors (Lipinski definition) is 8. The second kappa shape index (κ2) is 9.10. The number of aromatic nitrogens is 1. The summed E-state index contributed by atoms with van der Waals surface area (Å²) in [6.07, 6.45) is 0.556. The number of fused-ring (bicyclic) bond motifs is 1. The number of nitrogens with zero attached hydrogens (tertiary/aromatic N) is 5. The van der Waals surface area contributed by atoms with Crippen LogP contribution in [0.2, 0.25) is 0 Å². The smallest absolute Gasteiger partial charge is 0.277 e. The van der Waals surface area contributed by atoms with Gasteiger partial charge in [0, 0.05) is 18.7 Å². The molecule has 3 rings (SSSR count). The lowest BCUT2D eigenvalue weighted by molar-refractivity contribution is -0.394. The monoisotopic (exact) mass is 447 g/mol. The summed E-state index contributed by atoms with van der Waals surface area (Å²) < 4.78 is 14.1. The molecule has 1 amide bonds. The summed E-state index contributed by atoms with van der Waals surface area (Å²) in [7, 11) is 3.74. The predicted molar refractivity (Wildman–Crippen MR) is 114 cm³/mol. The van der Waals surface area contributed by atoms with Crippen molar-refractivity contribution in [1.82, 2.24) is 9.88 Å². The van der Waals surface area contributed by atoms with Crippen LogP contribution >= 0.6 is 11.3 Å². The molecule has 0 saturated heterocycles. The molecule has 0 unspecified atom stereocenters. The molecule has 2 aromatic carbocycles. The van der Waals surface area contributed by atoms with E-state index in [1.165, 1.54) is 23.1 Å². The van der Waals surface area contributed by atoms with Gasteiger partial charge in [-0.2, -0.15) is 0 Å². The molecule has 0 fully saturated rings. The van der Waals surface area contributed by atoms with Gasteiger partial charge in [0.2, 0.25) is 0 Å². The second-order valence-corrected chi connectivity index (χ2v) is 7.98. The maximum atomic E-state index is 13.6. The fourth-order valence-corrected chi connectivity index (χ4v) is 3.93. The number of carbonyl (C=O) groups excluding carboxylic acids is 1. The van der Waals surface area contributed by atoms with Crippen LogP contribution in [0.1, 0.15) is 16.8 Å². The number of thiazole rings is 1. The number of benzene rings is 2. The van der Waals surface area contributed by atoms with Gasteiger partial charge in [-0.3, -0.25) is 29.9 Å². The highest BCUT2D eigenvalue weighted by Crippen LogP contribution is 2.31. The summed E-state index contributed by atoms with van der Waals surface area (Å²) in [4.78, 5) is 41.7. The summed E-state index contributed by atoms with van der Waals surface area (Å²) in [6, 6.07) is 6.85. The van der Waals surface area contributed by atoms with Gasteiger partial charge >= 0.3 is 0 Å². The van der Waals surface area contributed by atoms with Crippen LogP contribution in [0.3, 0.4) is 0 Å². The van der Waals surface area contributed by atoms with Crippen molar-refractivity contribution in [2.75, 3.05) is 32.1 Å². The lowest BCUT2D eigenvalue weighted by atomic mass is 10.1. The Morgan fingerprint density at radius 1 is 1.06 bits per heavy atom. The molecule has 0 spiro atoms. The zero-order chi connectivity index (χ0) is 22.7. The highest BCUT2D eigenvalue weighted by Gasteiger charge is 2.26. The summed E-state index contributed by atoms with van der Waals surface area (Å²) >= 11 is 1.10. The molecule has 12 heteroatoms. The number of carbonyl (C=O) groups is 1. The largest absolute Gasteiger partial charge is 0.309 e. The first-order chi connectivity index (χ1) is 14.7. The third-order valence-corrected chi connectivity index (χ3v) is 5.41. The Bertz CT molecular complexity index is 1130. The Morgan fingerprint density at radius 2 is 1.71 bits per heavy atom. The van der Waals surface area contributed by atoms with Crippen molar-refractivity contribution in [2.24, 2.45) is 0 Å². The average molecular weight is 447 g/mol. The van der Waals surface area contributed by atoms with Gasteiger partial charge in [0.25, 0.3) is 17.3 Å². The number of rotatable bonds is 8. The van der Waals surface area contributed by atoms with Gasteiger partial charge in [0.05, 0.1) is 31.7 Å². The third-order valence-electron chi connectivity index (χ3n) is 4.37. The number of halogens is 1.